The van der Waals surface area contributed by atoms with E-state index in [1.165, 1.54) is 48.5 Å². The average Bonchev–Trinajstić information content (AvgIpc) is 2.61. The molecule has 2 aromatic carbocycles. The normalized spacial score (nSPS) is 9.75. The molecule has 2 rings (SSSR count). The van der Waals surface area contributed by atoms with E-state index in [2.05, 4.69) is 5.11 Å². The van der Waals surface area contributed by atoms with E-state index in [9.17, 15) is 19.2 Å². The summed E-state index contributed by atoms with van der Waals surface area (Å²) in [5.74, 6) is -4.65. The van der Waals surface area contributed by atoms with Crippen LogP contribution < -0.4 is 0 Å². The van der Waals surface area contributed by atoms with Gasteiger partial charge in [-0.1, -0.05) is 24.3 Å². The molecule has 0 bridgehead atoms. The van der Waals surface area contributed by atoms with E-state index >= 15 is 0 Å². The van der Waals surface area contributed by atoms with E-state index in [1.54, 1.807) is 0 Å². The van der Waals surface area contributed by atoms with Gasteiger partial charge in [0.15, 0.2) is 0 Å². The molecule has 0 saturated heterocycles. The number of aromatic carboxylic acids is 4. The van der Waals surface area contributed by atoms with Crippen LogP contribution in [0.5, 0.6) is 0 Å². The van der Waals surface area contributed by atoms with Crippen LogP contribution in [0.3, 0.4) is 0 Å². The third-order valence-electron chi connectivity index (χ3n) is 2.77. The first-order chi connectivity index (χ1) is 11.8. The zero-order chi connectivity index (χ0) is 19.0. The smallest absolute Gasteiger partial charge is 0.336 e. The van der Waals surface area contributed by atoms with Gasteiger partial charge in [0.2, 0.25) is 0 Å². The molecule has 0 atom stereocenters. The zero-order valence-electron chi connectivity index (χ0n) is 13.0. The monoisotopic (exact) mass is 333 g/mol. The van der Waals surface area contributed by atoms with Gasteiger partial charge in [0.05, 0.1) is 22.3 Å². The number of hydrogen-bond acceptors (Lipinski definition) is 5. The molecule has 24 heavy (non-hydrogen) atoms. The Labute approximate surface area is 136 Å². The summed E-state index contributed by atoms with van der Waals surface area (Å²) in [5, 5.41) is 29.4. The van der Waals surface area contributed by atoms with Gasteiger partial charge < -0.3 is 20.4 Å². The molecule has 0 spiro atoms. The molecule has 4 N–H and O–H groups in total. The van der Waals surface area contributed by atoms with Gasteiger partial charge in [-0.15, -0.1) is 0 Å². The molecule has 0 aromatic heterocycles. The van der Waals surface area contributed by atoms with Gasteiger partial charge in [0.25, 0.3) is 1.43 Å². The van der Waals surface area contributed by atoms with Crippen LogP contribution in [0.1, 0.15) is 41.4 Å². The summed E-state index contributed by atoms with van der Waals surface area (Å²) in [4.78, 5) is 42.4. The molecule has 0 saturated carbocycles. The van der Waals surface area contributed by atoms with Crippen LogP contribution in [0.2, 0.25) is 0 Å². The number of rotatable bonds is 4. The molecule has 0 amide bonds. The predicted molar refractivity (Wildman–Crippen MR) is 80.7 cm³/mol. The maximum Gasteiger partial charge on any atom is 0.336 e. The predicted octanol–water partition coefficient (Wildman–Crippen LogP) is 2.17. The molecule has 0 unspecified atom stereocenters. The highest BCUT2D eigenvalue weighted by Gasteiger charge is 2.14. The Hall–Kier alpha value is -3.68. The van der Waals surface area contributed by atoms with Crippen molar-refractivity contribution in [2.75, 3.05) is 0 Å². The van der Waals surface area contributed by atoms with Crippen LogP contribution >= 0.6 is 0 Å². The molecule has 8 heteroatoms. The molecule has 0 aliphatic heterocycles. The second-order valence-corrected chi connectivity index (χ2v) is 4.29. The summed E-state index contributed by atoms with van der Waals surface area (Å²) in [6.45, 7) is 0. The van der Waals surface area contributed by atoms with E-state index in [0.29, 0.717) is 0 Å². The number of carbonyl (C=O) groups is 4. The largest absolute Gasteiger partial charge is 0.478 e. The minimum Gasteiger partial charge on any atom is -0.478 e. The van der Waals surface area contributed by atoms with Gasteiger partial charge in [-0.25, -0.2) is 19.2 Å². The van der Waals surface area contributed by atoms with E-state index in [1.807, 2.05) is 0 Å². The van der Waals surface area contributed by atoms with Gasteiger partial charge in [-0.05, 0) is 24.3 Å². The third kappa shape index (κ3) is 4.67. The summed E-state index contributed by atoms with van der Waals surface area (Å²) in [7, 11) is 0. The summed E-state index contributed by atoms with van der Waals surface area (Å²) in [6, 6.07) is 11.0. The van der Waals surface area contributed by atoms with Crippen molar-refractivity contribution in [2.45, 2.75) is 0 Å². The van der Waals surface area contributed by atoms with Gasteiger partial charge in [0, 0.05) is 0 Å². The Morgan fingerprint density at radius 1 is 0.583 bits per heavy atom. The molecule has 0 radical (unpaired) electrons. The highest BCUT2D eigenvalue weighted by Crippen LogP contribution is 2.08. The lowest BCUT2D eigenvalue weighted by Crippen LogP contribution is -2.06. The number of carboxylic acid groups (broad SMARTS) is 4. The topological polar surface area (TPSA) is 149 Å². The molecule has 0 aliphatic rings. The summed E-state index contributed by atoms with van der Waals surface area (Å²) < 4.78 is 6.34. The standard InChI is InChI=1S/2C8H6O4/c2*9-7(10)5-3-1-2-4-6(5)8(11)12/h2*1-4H,(H,9,10)(H,11,12)/i/hD. The fourth-order valence-electron chi connectivity index (χ4n) is 1.70. The molecule has 124 valence electrons. The lowest BCUT2D eigenvalue weighted by molar-refractivity contribution is 0.0651. The van der Waals surface area contributed by atoms with Gasteiger partial charge in [0.1, 0.15) is 0 Å². The maximum absolute atomic E-state index is 10.9. The lowest BCUT2D eigenvalue weighted by atomic mass is 10.1. The fourth-order valence-corrected chi connectivity index (χ4v) is 1.70. The van der Waals surface area contributed by atoms with Crippen LogP contribution in [0, 0.1) is 0 Å². The first-order valence-electron chi connectivity index (χ1n) is 6.75. The summed E-state index contributed by atoms with van der Waals surface area (Å²) >= 11 is 0. The number of benzene rings is 2. The molecule has 0 heterocycles. The minimum absolute atomic E-state index is 0.120. The van der Waals surface area contributed by atoms with Crippen molar-refractivity contribution in [1.29, 1.82) is 1.43 Å². The first-order valence-corrected chi connectivity index (χ1v) is 6.35. The van der Waals surface area contributed by atoms with Gasteiger partial charge >= 0.3 is 23.9 Å². The van der Waals surface area contributed by atoms with Crippen molar-refractivity contribution in [1.82, 2.24) is 0 Å². The van der Waals surface area contributed by atoms with E-state index in [-0.39, 0.29) is 22.3 Å². The van der Waals surface area contributed by atoms with Crippen molar-refractivity contribution >= 4 is 23.9 Å². The second kappa shape index (κ2) is 8.08. The SMILES string of the molecule is O=C(O)c1ccccc1C(=O)O.[2H]OC(=O)c1ccccc1C(=O)O. The Morgan fingerprint density at radius 3 is 1.04 bits per heavy atom. The summed E-state index contributed by atoms with van der Waals surface area (Å²) in [5.41, 5.74) is -0.667. The quantitative estimate of drug-likeness (QED) is 0.665. The van der Waals surface area contributed by atoms with Crippen LogP contribution in [-0.2, 0) is 0 Å². The van der Waals surface area contributed by atoms with E-state index in [4.69, 9.17) is 16.8 Å². The zero-order valence-corrected chi connectivity index (χ0v) is 12.0. The van der Waals surface area contributed by atoms with Crippen molar-refractivity contribution < 1.29 is 39.6 Å². The lowest BCUT2D eigenvalue weighted by Gasteiger charge is -1.98. The van der Waals surface area contributed by atoms with Gasteiger partial charge in [-0.3, -0.25) is 0 Å². The van der Waals surface area contributed by atoms with Crippen molar-refractivity contribution in [2.24, 2.45) is 0 Å². The molecular formula is C16H12O8. The number of hydrogen-bond donors (Lipinski definition) is 4. The fraction of sp³-hybridized carbons (Fsp3) is 0. The van der Waals surface area contributed by atoms with Gasteiger partial charge in [-0.2, -0.15) is 0 Å². The van der Waals surface area contributed by atoms with E-state index in [0.717, 1.165) is 0 Å². The molecule has 2 aromatic rings. The molecule has 0 aliphatic carbocycles. The van der Waals surface area contributed by atoms with Crippen LogP contribution in [0.4, 0.5) is 0 Å². The van der Waals surface area contributed by atoms with Crippen molar-refractivity contribution in [3.63, 3.8) is 0 Å². The van der Waals surface area contributed by atoms with E-state index < -0.39 is 23.9 Å². The molecular weight excluding hydrogens is 320 g/mol. The maximum atomic E-state index is 10.9. The first kappa shape index (κ1) is 16.7. The third-order valence-corrected chi connectivity index (χ3v) is 2.77. The minimum atomic E-state index is -1.23. The Morgan fingerprint density at radius 2 is 0.833 bits per heavy atom. The van der Waals surface area contributed by atoms with Crippen LogP contribution in [0.15, 0.2) is 48.5 Å². The van der Waals surface area contributed by atoms with Crippen LogP contribution in [-0.4, -0.2) is 44.3 Å². The second-order valence-electron chi connectivity index (χ2n) is 4.29. The Balaban J connectivity index is 0.000000251. The summed E-state index contributed by atoms with van der Waals surface area (Å²) in [6.07, 6.45) is 0. The van der Waals surface area contributed by atoms with Crippen LogP contribution in [0.25, 0.3) is 1.43 Å². The van der Waals surface area contributed by atoms with Crippen molar-refractivity contribution in [3.8, 4) is 0 Å². The highest BCUT2D eigenvalue weighted by atomic mass is 16.4. The van der Waals surface area contributed by atoms with Crippen molar-refractivity contribution in [3.05, 3.63) is 70.8 Å². The highest BCUT2D eigenvalue weighted by molar-refractivity contribution is 6.02. The molecule has 8 nitrogen and oxygen atoms in total. The Bertz CT molecular complexity index is 782. The number of carboxylic acids is 4. The average molecular weight is 333 g/mol. The molecule has 0 fully saturated rings. The Kier molecular flexibility index (Phi) is 5.62.